The van der Waals surface area contributed by atoms with Crippen LogP contribution in [0, 0.1) is 5.82 Å². The van der Waals surface area contributed by atoms with E-state index in [1.54, 1.807) is 38.1 Å². The van der Waals surface area contributed by atoms with Crippen LogP contribution < -0.4 is 0 Å². The number of amides is 1. The summed E-state index contributed by atoms with van der Waals surface area (Å²) in [5, 5.41) is 9.91. The smallest absolute Gasteiger partial charge is 0.330 e. The molecule has 1 N–H and O–H groups in total. The summed E-state index contributed by atoms with van der Waals surface area (Å²) in [4.78, 5) is 25.5. The number of allylic oxidation sites excluding steroid dienone is 1. The van der Waals surface area contributed by atoms with E-state index < -0.39 is 29.8 Å². The minimum atomic E-state index is -3.38. The van der Waals surface area contributed by atoms with Gasteiger partial charge in [-0.2, -0.15) is 8.78 Å². The molecule has 0 saturated heterocycles. The molecule has 0 unspecified atom stereocenters. The number of carboxylic acids is 1. The number of fused-ring (bicyclic) bond motifs is 1. The summed E-state index contributed by atoms with van der Waals surface area (Å²) in [5.41, 5.74) is -0.741. The quantitative estimate of drug-likeness (QED) is 0.746. The molecule has 0 aliphatic heterocycles. The first-order chi connectivity index (χ1) is 13.7. The maximum absolute atomic E-state index is 14.4. The average Bonchev–Trinajstić information content (AvgIpc) is 3.03. The molecule has 7 heteroatoms. The van der Waals surface area contributed by atoms with Crippen molar-refractivity contribution in [3.05, 3.63) is 76.1 Å². The maximum atomic E-state index is 14.4. The van der Waals surface area contributed by atoms with E-state index in [4.69, 9.17) is 0 Å². The highest BCUT2D eigenvalue weighted by atomic mass is 19.3. The molecular formula is C22H20F3NO3. The molecule has 0 fully saturated rings. The number of hydrogen-bond acceptors (Lipinski definition) is 2. The second-order valence-corrected chi connectivity index (χ2v) is 7.33. The fourth-order valence-electron chi connectivity index (χ4n) is 3.78. The molecule has 4 nitrogen and oxygen atoms in total. The van der Waals surface area contributed by atoms with Gasteiger partial charge in [0.15, 0.2) is 5.54 Å². The Labute approximate surface area is 166 Å². The molecule has 2 aromatic rings. The molecule has 152 valence electrons. The topological polar surface area (TPSA) is 57.6 Å². The molecule has 0 spiro atoms. The first-order valence-electron chi connectivity index (χ1n) is 9.03. The van der Waals surface area contributed by atoms with E-state index in [1.165, 1.54) is 18.2 Å². The van der Waals surface area contributed by atoms with Crippen molar-refractivity contribution in [2.75, 3.05) is 0 Å². The molecule has 0 bridgehead atoms. The zero-order valence-corrected chi connectivity index (χ0v) is 16.0. The van der Waals surface area contributed by atoms with E-state index in [9.17, 15) is 27.9 Å². The van der Waals surface area contributed by atoms with Gasteiger partial charge in [0.05, 0.1) is 0 Å². The third-order valence-corrected chi connectivity index (χ3v) is 5.07. The molecule has 0 atom stereocenters. The summed E-state index contributed by atoms with van der Waals surface area (Å²) in [5.74, 6) is -3.49. The molecule has 1 amide bonds. The van der Waals surface area contributed by atoms with Gasteiger partial charge in [-0.1, -0.05) is 42.0 Å². The van der Waals surface area contributed by atoms with Crippen LogP contribution in [-0.4, -0.2) is 34.0 Å². The third kappa shape index (κ3) is 3.64. The first-order valence-corrected chi connectivity index (χ1v) is 9.03. The second kappa shape index (κ2) is 7.73. The van der Waals surface area contributed by atoms with Gasteiger partial charge in [0.2, 0.25) is 0 Å². The molecule has 29 heavy (non-hydrogen) atoms. The van der Waals surface area contributed by atoms with Crippen LogP contribution in [0.25, 0.3) is 6.08 Å². The maximum Gasteiger partial charge on any atom is 0.330 e. The van der Waals surface area contributed by atoms with E-state index in [2.05, 4.69) is 0 Å². The van der Waals surface area contributed by atoms with Gasteiger partial charge < -0.3 is 5.11 Å². The van der Waals surface area contributed by atoms with Gasteiger partial charge in [-0.05, 0) is 37.1 Å². The minimum Gasteiger partial charge on any atom is -0.479 e. The summed E-state index contributed by atoms with van der Waals surface area (Å²) >= 11 is 0. The van der Waals surface area contributed by atoms with Gasteiger partial charge in [0.1, 0.15) is 5.82 Å². The summed E-state index contributed by atoms with van der Waals surface area (Å²) in [6, 6.07) is 10.3. The minimum absolute atomic E-state index is 0.0897. The molecule has 0 saturated carbocycles. The van der Waals surface area contributed by atoms with Crippen molar-refractivity contribution in [3.63, 3.8) is 0 Å². The van der Waals surface area contributed by atoms with Crippen molar-refractivity contribution in [1.29, 1.82) is 0 Å². The highest BCUT2D eigenvalue weighted by molar-refractivity contribution is 6.01. The number of halogens is 3. The molecule has 0 aromatic heterocycles. The number of carbonyl (C=O) groups excluding carboxylic acids is 1. The lowest BCUT2D eigenvalue weighted by atomic mass is 9.92. The molecule has 1 aliphatic carbocycles. The summed E-state index contributed by atoms with van der Waals surface area (Å²) in [6.45, 7) is -0.0220. The van der Waals surface area contributed by atoms with Gasteiger partial charge in [0.25, 0.3) is 5.91 Å². The lowest BCUT2D eigenvalue weighted by molar-refractivity contribution is -0.158. The Balaban J connectivity index is 2.14. The van der Waals surface area contributed by atoms with Crippen LogP contribution in [0.3, 0.4) is 0 Å². The van der Waals surface area contributed by atoms with Crippen LogP contribution in [-0.2, 0) is 17.6 Å². The Kier molecular flexibility index (Phi) is 5.50. The Bertz CT molecular complexity index is 972. The predicted molar refractivity (Wildman–Crippen MR) is 102 cm³/mol. The van der Waals surface area contributed by atoms with Crippen LogP contribution in [0.2, 0.25) is 0 Å². The molecular weight excluding hydrogens is 383 g/mol. The van der Waals surface area contributed by atoms with Crippen molar-refractivity contribution >= 4 is 18.0 Å². The molecule has 0 heterocycles. The standard InChI is InChI=1S/C22H20F3NO3/c1-13(2)10-17-16(8-5-9-18(17)23)19(27)26(21(24)25)22(20(28)29)11-14-6-3-4-7-15(14)12-22/h3-10,21H,11-12H2,1-2H3,(H,28,29). The molecule has 3 rings (SSSR count). The SMILES string of the molecule is CC(C)=Cc1c(F)cccc1C(=O)N(C(F)F)C1(C(=O)O)Cc2ccccc2C1. The third-order valence-electron chi connectivity index (χ3n) is 5.07. The van der Waals surface area contributed by atoms with Crippen molar-refractivity contribution in [1.82, 2.24) is 4.90 Å². The lowest BCUT2D eigenvalue weighted by Crippen LogP contribution is -2.60. The van der Waals surface area contributed by atoms with Gasteiger partial charge >= 0.3 is 12.5 Å². The summed E-state index contributed by atoms with van der Waals surface area (Å²) in [7, 11) is 0. The number of benzene rings is 2. The molecule has 2 aromatic carbocycles. The predicted octanol–water partition coefficient (Wildman–Crippen LogP) is 4.54. The fourth-order valence-corrected chi connectivity index (χ4v) is 3.78. The summed E-state index contributed by atoms with van der Waals surface area (Å²) < 4.78 is 42.6. The van der Waals surface area contributed by atoms with E-state index in [1.807, 2.05) is 0 Å². The molecule has 0 radical (unpaired) electrons. The highest BCUT2D eigenvalue weighted by Gasteiger charge is 2.54. The second-order valence-electron chi connectivity index (χ2n) is 7.33. The van der Waals surface area contributed by atoms with Gasteiger partial charge in [-0.3, -0.25) is 9.69 Å². The number of carbonyl (C=O) groups is 2. The number of hydrogen-bond donors (Lipinski definition) is 1. The van der Waals surface area contributed by atoms with Crippen molar-refractivity contribution in [2.24, 2.45) is 0 Å². The Morgan fingerprint density at radius 1 is 1.07 bits per heavy atom. The van der Waals surface area contributed by atoms with E-state index in [0.717, 1.165) is 6.07 Å². The Hall–Kier alpha value is -3.09. The molecule has 1 aliphatic rings. The highest BCUT2D eigenvalue weighted by Crippen LogP contribution is 2.38. The van der Waals surface area contributed by atoms with Crippen LogP contribution in [0.5, 0.6) is 0 Å². The van der Waals surface area contributed by atoms with Crippen molar-refractivity contribution in [3.8, 4) is 0 Å². The van der Waals surface area contributed by atoms with Crippen molar-refractivity contribution in [2.45, 2.75) is 38.8 Å². The van der Waals surface area contributed by atoms with Crippen LogP contribution in [0.1, 0.15) is 40.9 Å². The number of nitrogens with zero attached hydrogens (tertiary/aromatic N) is 1. The lowest BCUT2D eigenvalue weighted by Gasteiger charge is -2.37. The van der Waals surface area contributed by atoms with Crippen LogP contribution >= 0.6 is 0 Å². The normalized spacial score (nSPS) is 14.4. The largest absolute Gasteiger partial charge is 0.479 e. The van der Waals surface area contributed by atoms with E-state index in [-0.39, 0.29) is 28.9 Å². The van der Waals surface area contributed by atoms with E-state index in [0.29, 0.717) is 16.7 Å². The van der Waals surface area contributed by atoms with Crippen LogP contribution in [0.15, 0.2) is 48.0 Å². The first kappa shape index (κ1) is 20.6. The summed E-state index contributed by atoms with van der Waals surface area (Å²) in [6.07, 6.45) is 0.882. The van der Waals surface area contributed by atoms with Crippen LogP contribution in [0.4, 0.5) is 13.2 Å². The Morgan fingerprint density at radius 2 is 1.66 bits per heavy atom. The monoisotopic (exact) mass is 403 g/mol. The number of rotatable bonds is 5. The van der Waals surface area contributed by atoms with E-state index >= 15 is 0 Å². The number of aliphatic carboxylic acids is 1. The zero-order valence-electron chi connectivity index (χ0n) is 16.0. The van der Waals surface area contributed by atoms with Gasteiger partial charge in [-0.25, -0.2) is 9.18 Å². The van der Waals surface area contributed by atoms with Crippen molar-refractivity contribution < 1.29 is 27.9 Å². The Morgan fingerprint density at radius 3 is 2.14 bits per heavy atom. The van der Waals surface area contributed by atoms with Gasteiger partial charge in [0, 0.05) is 24.0 Å². The number of carboxylic acid groups (broad SMARTS) is 1. The average molecular weight is 403 g/mol. The fraction of sp³-hybridized carbons (Fsp3) is 0.273. The zero-order chi connectivity index (χ0) is 21.3. The van der Waals surface area contributed by atoms with Gasteiger partial charge in [-0.15, -0.1) is 0 Å². The number of alkyl halides is 2.